The van der Waals surface area contributed by atoms with E-state index in [4.69, 9.17) is 11.6 Å². The molecule has 4 aromatic rings. The van der Waals surface area contributed by atoms with E-state index in [-0.39, 0.29) is 18.5 Å². The minimum Gasteiger partial charge on any atom is -0.480 e. The summed E-state index contributed by atoms with van der Waals surface area (Å²) in [5, 5.41) is 18.3. The smallest absolute Gasteiger partial charge is 0.316 e. The maximum Gasteiger partial charge on any atom is 0.316 e. The molecule has 4 rings (SSSR count). The van der Waals surface area contributed by atoms with Crippen molar-refractivity contribution in [1.82, 2.24) is 15.0 Å². The molecule has 0 aliphatic heterocycles. The molecule has 168 valence electrons. The number of rotatable bonds is 8. The van der Waals surface area contributed by atoms with E-state index in [0.717, 1.165) is 22.3 Å². The molecule has 0 saturated carbocycles. The molecule has 0 spiro atoms. The molecular weight excluding hydrogens is 458 g/mol. The second kappa shape index (κ2) is 10.2. The first-order valence-electron chi connectivity index (χ1n) is 10.4. The van der Waals surface area contributed by atoms with Gasteiger partial charge in [-0.3, -0.25) is 9.59 Å². The van der Waals surface area contributed by atoms with Crippen molar-refractivity contribution in [2.24, 2.45) is 0 Å². The van der Waals surface area contributed by atoms with Gasteiger partial charge in [-0.2, -0.15) is 0 Å². The van der Waals surface area contributed by atoms with E-state index < -0.39 is 11.2 Å². The van der Waals surface area contributed by atoms with Gasteiger partial charge in [0.15, 0.2) is 0 Å². The first-order valence-corrected chi connectivity index (χ1v) is 11.9. The highest BCUT2D eigenvalue weighted by Crippen LogP contribution is 2.25. The summed E-state index contributed by atoms with van der Waals surface area (Å²) < 4.78 is 1.25. The maximum atomic E-state index is 12.7. The van der Waals surface area contributed by atoms with E-state index in [9.17, 15) is 14.7 Å². The van der Waals surface area contributed by atoms with Gasteiger partial charge in [0.2, 0.25) is 0 Å². The third-order valence-corrected chi connectivity index (χ3v) is 6.93. The number of carboxylic acids is 1. The lowest BCUT2D eigenvalue weighted by molar-refractivity contribution is -0.136. The van der Waals surface area contributed by atoms with Gasteiger partial charge in [-0.25, -0.2) is 4.68 Å². The van der Waals surface area contributed by atoms with E-state index in [1.54, 1.807) is 6.07 Å². The SMILES string of the molecule is Cc1ccc2c(=O)n(CCC(SCc3ccc(-c4ccc(Cl)cc4)cc3)C(=O)O)nnc2c1. The lowest BCUT2D eigenvalue weighted by atomic mass is 10.0. The number of nitrogens with zero attached hydrogens (tertiary/aromatic N) is 3. The van der Waals surface area contributed by atoms with Gasteiger partial charge in [-0.05, 0) is 59.9 Å². The fourth-order valence-electron chi connectivity index (χ4n) is 3.48. The van der Waals surface area contributed by atoms with E-state index in [1.807, 2.05) is 67.6 Å². The molecule has 3 aromatic carbocycles. The zero-order valence-electron chi connectivity index (χ0n) is 17.9. The largest absolute Gasteiger partial charge is 0.480 e. The van der Waals surface area contributed by atoms with Crippen LogP contribution in [0.5, 0.6) is 0 Å². The fourth-order valence-corrected chi connectivity index (χ4v) is 4.61. The van der Waals surface area contributed by atoms with Gasteiger partial charge < -0.3 is 5.11 Å². The van der Waals surface area contributed by atoms with Crippen molar-refractivity contribution in [3.63, 3.8) is 0 Å². The number of carbonyl (C=O) groups is 1. The molecule has 1 unspecified atom stereocenters. The van der Waals surface area contributed by atoms with Gasteiger partial charge in [-0.1, -0.05) is 59.3 Å². The number of aryl methyl sites for hydroxylation is 2. The molecule has 0 amide bonds. The van der Waals surface area contributed by atoms with Crippen molar-refractivity contribution in [2.75, 3.05) is 0 Å². The molecule has 1 atom stereocenters. The Morgan fingerprint density at radius 2 is 1.73 bits per heavy atom. The molecular formula is C25H22ClN3O3S. The van der Waals surface area contributed by atoms with Crippen LogP contribution in [0.3, 0.4) is 0 Å². The molecule has 8 heteroatoms. The van der Waals surface area contributed by atoms with Crippen LogP contribution in [0.15, 0.2) is 71.5 Å². The Labute approximate surface area is 200 Å². The zero-order valence-corrected chi connectivity index (χ0v) is 19.5. The number of halogens is 1. The molecule has 1 heterocycles. The Kier molecular flexibility index (Phi) is 7.11. The average Bonchev–Trinajstić information content (AvgIpc) is 2.81. The third kappa shape index (κ3) is 5.61. The summed E-state index contributed by atoms with van der Waals surface area (Å²) >= 11 is 7.29. The van der Waals surface area contributed by atoms with Crippen molar-refractivity contribution >= 4 is 40.2 Å². The van der Waals surface area contributed by atoms with Crippen molar-refractivity contribution in [3.8, 4) is 11.1 Å². The summed E-state index contributed by atoms with van der Waals surface area (Å²) in [7, 11) is 0. The molecule has 0 radical (unpaired) electrons. The van der Waals surface area contributed by atoms with E-state index in [0.29, 0.717) is 21.7 Å². The minimum absolute atomic E-state index is 0.190. The first-order chi connectivity index (χ1) is 15.9. The molecule has 6 nitrogen and oxygen atoms in total. The van der Waals surface area contributed by atoms with Crippen LogP contribution in [0.1, 0.15) is 17.5 Å². The molecule has 0 saturated heterocycles. The quantitative estimate of drug-likeness (QED) is 0.374. The van der Waals surface area contributed by atoms with Crippen LogP contribution in [-0.2, 0) is 17.1 Å². The summed E-state index contributed by atoms with van der Waals surface area (Å²) in [5.41, 5.74) is 4.45. The summed E-state index contributed by atoms with van der Waals surface area (Å²) in [4.78, 5) is 24.5. The highest BCUT2D eigenvalue weighted by atomic mass is 35.5. The topological polar surface area (TPSA) is 85.1 Å². The van der Waals surface area contributed by atoms with Crippen LogP contribution in [-0.4, -0.2) is 31.3 Å². The van der Waals surface area contributed by atoms with Crippen molar-refractivity contribution < 1.29 is 9.90 Å². The summed E-state index contributed by atoms with van der Waals surface area (Å²) in [6.07, 6.45) is 0.273. The molecule has 0 fully saturated rings. The maximum absolute atomic E-state index is 12.7. The third-order valence-electron chi connectivity index (χ3n) is 5.34. The molecule has 33 heavy (non-hydrogen) atoms. The van der Waals surface area contributed by atoms with Gasteiger partial charge in [0, 0.05) is 17.3 Å². The van der Waals surface area contributed by atoms with Crippen LogP contribution in [0, 0.1) is 6.92 Å². The van der Waals surface area contributed by atoms with Gasteiger partial charge in [0.05, 0.1) is 5.39 Å². The number of aromatic nitrogens is 3. The Morgan fingerprint density at radius 3 is 2.39 bits per heavy atom. The normalized spacial score (nSPS) is 12.1. The number of hydrogen-bond donors (Lipinski definition) is 1. The van der Waals surface area contributed by atoms with Crippen molar-refractivity contribution in [1.29, 1.82) is 0 Å². The van der Waals surface area contributed by atoms with E-state index >= 15 is 0 Å². The second-order valence-corrected chi connectivity index (χ2v) is 9.40. The Morgan fingerprint density at radius 1 is 1.06 bits per heavy atom. The summed E-state index contributed by atoms with van der Waals surface area (Å²) in [5.74, 6) is -0.356. The summed E-state index contributed by atoms with van der Waals surface area (Å²) in [6, 6.07) is 21.0. The molecule has 0 aliphatic carbocycles. The standard InChI is InChI=1S/C25H22ClN3O3S/c1-16-2-11-21-22(14-16)27-28-29(24(21)30)13-12-23(25(31)32)33-15-17-3-5-18(6-4-17)19-7-9-20(26)10-8-19/h2-11,14,23H,12-13,15H2,1H3,(H,31,32). The number of fused-ring (bicyclic) bond motifs is 1. The van der Waals surface area contributed by atoms with Crippen molar-refractivity contribution in [3.05, 3.63) is 93.2 Å². The van der Waals surface area contributed by atoms with Crippen LogP contribution >= 0.6 is 23.4 Å². The number of thioether (sulfide) groups is 1. The fraction of sp³-hybridized carbons (Fsp3) is 0.200. The Balaban J connectivity index is 1.39. The Bertz CT molecular complexity index is 1340. The van der Waals surface area contributed by atoms with Gasteiger partial charge in [0.1, 0.15) is 10.8 Å². The lowest BCUT2D eigenvalue weighted by Crippen LogP contribution is -2.27. The van der Waals surface area contributed by atoms with Gasteiger partial charge in [0.25, 0.3) is 5.56 Å². The molecule has 0 bridgehead atoms. The molecule has 1 aromatic heterocycles. The number of aliphatic carboxylic acids is 1. The van der Waals surface area contributed by atoms with Crippen LogP contribution in [0.4, 0.5) is 0 Å². The average molecular weight is 480 g/mol. The predicted octanol–water partition coefficient (Wildman–Crippen LogP) is 5.20. The Hall–Kier alpha value is -3.16. The monoisotopic (exact) mass is 479 g/mol. The number of benzene rings is 3. The summed E-state index contributed by atoms with van der Waals surface area (Å²) in [6.45, 7) is 2.11. The van der Waals surface area contributed by atoms with Gasteiger partial charge >= 0.3 is 5.97 Å². The number of hydrogen-bond acceptors (Lipinski definition) is 5. The highest BCUT2D eigenvalue weighted by Gasteiger charge is 2.19. The first kappa shape index (κ1) is 23.0. The van der Waals surface area contributed by atoms with Crippen LogP contribution in [0.2, 0.25) is 5.02 Å². The highest BCUT2D eigenvalue weighted by molar-refractivity contribution is 7.99. The van der Waals surface area contributed by atoms with Crippen molar-refractivity contribution in [2.45, 2.75) is 30.9 Å². The van der Waals surface area contributed by atoms with Crippen LogP contribution in [0.25, 0.3) is 22.0 Å². The van der Waals surface area contributed by atoms with Gasteiger partial charge in [-0.15, -0.1) is 16.9 Å². The lowest BCUT2D eigenvalue weighted by Gasteiger charge is -2.13. The van der Waals surface area contributed by atoms with Crippen LogP contribution < -0.4 is 5.56 Å². The second-order valence-electron chi connectivity index (χ2n) is 7.77. The van der Waals surface area contributed by atoms with E-state index in [2.05, 4.69) is 10.3 Å². The predicted molar refractivity (Wildman–Crippen MR) is 133 cm³/mol. The number of carboxylic acid groups (broad SMARTS) is 1. The van der Waals surface area contributed by atoms with E-state index in [1.165, 1.54) is 16.4 Å². The minimum atomic E-state index is -0.907. The molecule has 0 aliphatic rings. The molecule has 1 N–H and O–H groups in total. The zero-order chi connectivity index (χ0) is 23.4.